The zero-order valence-corrected chi connectivity index (χ0v) is 16.5. The van der Waals surface area contributed by atoms with E-state index in [4.69, 9.17) is 9.15 Å². The first-order valence-corrected chi connectivity index (χ1v) is 9.30. The molecule has 32 heavy (non-hydrogen) atoms. The van der Waals surface area contributed by atoms with E-state index in [9.17, 15) is 22.8 Å². The number of aromatic nitrogens is 1. The third kappa shape index (κ3) is 7.35. The monoisotopic (exact) mass is 449 g/mol. The summed E-state index contributed by atoms with van der Waals surface area (Å²) in [5, 5.41) is 5.20. The second-order valence-corrected chi connectivity index (χ2v) is 6.38. The van der Waals surface area contributed by atoms with Gasteiger partial charge in [0.15, 0.2) is 12.3 Å². The molecule has 0 aliphatic heterocycles. The molecule has 3 rings (SSSR count). The standard InChI is InChI=1S/C21H18F3N3O5/c22-21(23,24)32-16-8-6-15(7-9-16)30-13-18(28)25-11-19-27-17(12-31-19)20(29)26-10-14-4-2-1-3-5-14/h1-9,12H,10-11,13H2,(H,25,28)(H,26,29). The van der Waals surface area contributed by atoms with Gasteiger partial charge in [0.2, 0.25) is 5.89 Å². The van der Waals surface area contributed by atoms with E-state index in [0.717, 1.165) is 17.7 Å². The molecule has 1 heterocycles. The molecule has 0 aliphatic carbocycles. The predicted octanol–water partition coefficient (Wildman–Crippen LogP) is 3.20. The second kappa shape index (κ2) is 10.3. The first-order chi connectivity index (χ1) is 15.3. The summed E-state index contributed by atoms with van der Waals surface area (Å²) < 4.78 is 50.5. The van der Waals surface area contributed by atoms with E-state index >= 15 is 0 Å². The number of alkyl halides is 3. The minimum Gasteiger partial charge on any atom is -0.484 e. The third-order valence-corrected chi connectivity index (χ3v) is 3.94. The van der Waals surface area contributed by atoms with Gasteiger partial charge in [-0.05, 0) is 29.8 Å². The molecule has 11 heteroatoms. The number of benzene rings is 2. The fourth-order valence-electron chi connectivity index (χ4n) is 2.48. The number of hydrogen-bond acceptors (Lipinski definition) is 6. The van der Waals surface area contributed by atoms with Crippen molar-refractivity contribution < 1.29 is 36.7 Å². The molecule has 0 spiro atoms. The Bertz CT molecular complexity index is 1040. The van der Waals surface area contributed by atoms with Gasteiger partial charge in [0.25, 0.3) is 11.8 Å². The van der Waals surface area contributed by atoms with E-state index in [0.29, 0.717) is 6.54 Å². The summed E-state index contributed by atoms with van der Waals surface area (Å²) >= 11 is 0. The van der Waals surface area contributed by atoms with E-state index in [1.54, 1.807) is 0 Å². The van der Waals surface area contributed by atoms with E-state index < -0.39 is 23.9 Å². The fourth-order valence-corrected chi connectivity index (χ4v) is 2.48. The van der Waals surface area contributed by atoms with Crippen LogP contribution in [0.2, 0.25) is 0 Å². The SMILES string of the molecule is O=C(COc1ccc(OC(F)(F)F)cc1)NCc1nc(C(=O)NCc2ccccc2)co1. The molecule has 1 aromatic heterocycles. The van der Waals surface area contributed by atoms with E-state index in [1.807, 2.05) is 30.3 Å². The summed E-state index contributed by atoms with van der Waals surface area (Å²) in [5.74, 6) is -1.04. The van der Waals surface area contributed by atoms with Crippen molar-refractivity contribution in [2.24, 2.45) is 0 Å². The largest absolute Gasteiger partial charge is 0.573 e. The van der Waals surface area contributed by atoms with Gasteiger partial charge in [-0.15, -0.1) is 13.2 Å². The lowest BCUT2D eigenvalue weighted by Gasteiger charge is -2.10. The summed E-state index contributed by atoms with van der Waals surface area (Å²) in [7, 11) is 0. The summed E-state index contributed by atoms with van der Waals surface area (Å²) in [6.45, 7) is -0.129. The zero-order valence-electron chi connectivity index (χ0n) is 16.5. The Morgan fingerprint density at radius 1 is 0.938 bits per heavy atom. The number of carbonyl (C=O) groups excluding carboxylic acids is 2. The summed E-state index contributed by atoms with van der Waals surface area (Å²) in [4.78, 5) is 28.0. The number of halogens is 3. The molecule has 8 nitrogen and oxygen atoms in total. The van der Waals surface area contributed by atoms with Crippen LogP contribution in [0.4, 0.5) is 13.2 Å². The van der Waals surface area contributed by atoms with Crippen molar-refractivity contribution in [2.45, 2.75) is 19.5 Å². The molecule has 168 valence electrons. The first-order valence-electron chi connectivity index (χ1n) is 9.30. The van der Waals surface area contributed by atoms with Gasteiger partial charge in [0.05, 0.1) is 6.54 Å². The van der Waals surface area contributed by atoms with E-state index in [1.165, 1.54) is 18.4 Å². The summed E-state index contributed by atoms with van der Waals surface area (Å²) in [5.41, 5.74) is 1.00. The van der Waals surface area contributed by atoms with Crippen molar-refractivity contribution in [2.75, 3.05) is 6.61 Å². The highest BCUT2D eigenvalue weighted by Crippen LogP contribution is 2.24. The highest BCUT2D eigenvalue weighted by Gasteiger charge is 2.31. The van der Waals surface area contributed by atoms with Crippen LogP contribution in [0.25, 0.3) is 0 Å². The van der Waals surface area contributed by atoms with Crippen molar-refractivity contribution in [1.82, 2.24) is 15.6 Å². The van der Waals surface area contributed by atoms with Crippen LogP contribution >= 0.6 is 0 Å². The molecular formula is C21H18F3N3O5. The highest BCUT2D eigenvalue weighted by atomic mass is 19.4. The van der Waals surface area contributed by atoms with Gasteiger partial charge in [0, 0.05) is 6.54 Å². The Morgan fingerprint density at radius 2 is 1.62 bits per heavy atom. The molecule has 0 unspecified atom stereocenters. The maximum absolute atomic E-state index is 12.1. The number of rotatable bonds is 9. The molecule has 0 saturated carbocycles. The maximum atomic E-state index is 12.1. The van der Waals surface area contributed by atoms with Gasteiger partial charge in [-0.25, -0.2) is 4.98 Å². The van der Waals surface area contributed by atoms with Gasteiger partial charge in [-0.3, -0.25) is 9.59 Å². The Hall–Kier alpha value is -4.02. The average Bonchev–Trinajstić information content (AvgIpc) is 3.24. The first kappa shape index (κ1) is 22.7. The Balaban J connectivity index is 1.39. The molecule has 0 radical (unpaired) electrons. The number of hydrogen-bond donors (Lipinski definition) is 2. The molecule has 0 aliphatic rings. The lowest BCUT2D eigenvalue weighted by Crippen LogP contribution is -2.28. The van der Waals surface area contributed by atoms with Crippen molar-refractivity contribution in [3.05, 3.63) is 78.0 Å². The molecule has 2 aromatic carbocycles. The molecule has 0 atom stereocenters. The highest BCUT2D eigenvalue weighted by molar-refractivity contribution is 5.91. The number of amides is 2. The topological polar surface area (TPSA) is 103 Å². The van der Waals surface area contributed by atoms with Crippen LogP contribution in [0, 0.1) is 0 Å². The molecule has 2 amide bonds. The average molecular weight is 449 g/mol. The number of nitrogens with zero attached hydrogens (tertiary/aromatic N) is 1. The van der Waals surface area contributed by atoms with Crippen molar-refractivity contribution in [3.63, 3.8) is 0 Å². The van der Waals surface area contributed by atoms with Crippen molar-refractivity contribution >= 4 is 11.8 Å². The molecule has 0 saturated heterocycles. The molecule has 3 aromatic rings. The van der Waals surface area contributed by atoms with E-state index in [-0.39, 0.29) is 30.5 Å². The normalized spacial score (nSPS) is 11.0. The van der Waals surface area contributed by atoms with Crippen molar-refractivity contribution in [1.29, 1.82) is 0 Å². The van der Waals surface area contributed by atoms with E-state index in [2.05, 4.69) is 20.4 Å². The quantitative estimate of drug-likeness (QED) is 0.520. The number of ether oxygens (including phenoxy) is 2. The summed E-state index contributed by atoms with van der Waals surface area (Å²) in [6, 6.07) is 13.9. The van der Waals surface area contributed by atoms with Crippen LogP contribution in [0.1, 0.15) is 21.9 Å². The predicted molar refractivity (Wildman–Crippen MR) is 105 cm³/mol. The lowest BCUT2D eigenvalue weighted by molar-refractivity contribution is -0.274. The van der Waals surface area contributed by atoms with Gasteiger partial charge < -0.3 is 24.5 Å². The van der Waals surface area contributed by atoms with Crippen LogP contribution in [0.15, 0.2) is 65.3 Å². The smallest absolute Gasteiger partial charge is 0.484 e. The minimum atomic E-state index is -4.79. The van der Waals surface area contributed by atoms with Crippen molar-refractivity contribution in [3.8, 4) is 11.5 Å². The Kier molecular flexibility index (Phi) is 7.32. The van der Waals surface area contributed by atoms with Crippen LogP contribution in [0.5, 0.6) is 11.5 Å². The van der Waals surface area contributed by atoms with Gasteiger partial charge in [0.1, 0.15) is 17.8 Å². The number of oxazole rings is 1. The molecular weight excluding hydrogens is 431 g/mol. The third-order valence-electron chi connectivity index (χ3n) is 3.94. The van der Waals surface area contributed by atoms with Crippen LogP contribution < -0.4 is 20.1 Å². The van der Waals surface area contributed by atoms with Gasteiger partial charge in [-0.2, -0.15) is 0 Å². The maximum Gasteiger partial charge on any atom is 0.573 e. The Labute approximate surface area is 180 Å². The van der Waals surface area contributed by atoms with Crippen LogP contribution in [-0.4, -0.2) is 29.8 Å². The fraction of sp³-hybridized carbons (Fsp3) is 0.190. The van der Waals surface area contributed by atoms with Crippen LogP contribution in [-0.2, 0) is 17.9 Å². The Morgan fingerprint density at radius 3 is 2.31 bits per heavy atom. The minimum absolute atomic E-state index is 0.0718. The lowest BCUT2D eigenvalue weighted by atomic mass is 10.2. The molecule has 0 fully saturated rings. The number of carbonyl (C=O) groups is 2. The van der Waals surface area contributed by atoms with Gasteiger partial charge in [-0.1, -0.05) is 30.3 Å². The van der Waals surface area contributed by atoms with Crippen LogP contribution in [0.3, 0.4) is 0 Å². The van der Waals surface area contributed by atoms with Gasteiger partial charge >= 0.3 is 6.36 Å². The summed E-state index contributed by atoms with van der Waals surface area (Å²) in [6.07, 6.45) is -3.60. The zero-order chi connectivity index (χ0) is 23.0. The molecule has 2 N–H and O–H groups in total. The second-order valence-electron chi connectivity index (χ2n) is 6.38. The number of nitrogens with one attached hydrogen (secondary N) is 2. The molecule has 0 bridgehead atoms.